The van der Waals surface area contributed by atoms with Crippen molar-refractivity contribution < 1.29 is 4.74 Å². The van der Waals surface area contributed by atoms with E-state index in [1.54, 1.807) is 0 Å². The summed E-state index contributed by atoms with van der Waals surface area (Å²) >= 11 is 0. The molecule has 28 heavy (non-hydrogen) atoms. The molecule has 0 aliphatic heterocycles. The Balaban J connectivity index is 1.49. The van der Waals surface area contributed by atoms with Crippen molar-refractivity contribution in [2.75, 3.05) is 11.1 Å². The summed E-state index contributed by atoms with van der Waals surface area (Å²) in [6.45, 7) is 2.13. The molecule has 0 atom stereocenters. The Kier molecular flexibility index (Phi) is 4.74. The van der Waals surface area contributed by atoms with E-state index in [-0.39, 0.29) is 12.6 Å². The normalized spacial score (nSPS) is 10.6. The molecule has 0 radical (unpaired) electrons. The van der Waals surface area contributed by atoms with Crippen LogP contribution in [0.3, 0.4) is 0 Å². The van der Waals surface area contributed by atoms with E-state index in [0.717, 1.165) is 16.9 Å². The molecule has 0 fully saturated rings. The maximum Gasteiger partial charge on any atom is 0.232 e. The van der Waals surface area contributed by atoms with Gasteiger partial charge < -0.3 is 15.8 Å². The highest BCUT2D eigenvalue weighted by Gasteiger charge is 2.08. The summed E-state index contributed by atoms with van der Waals surface area (Å²) in [4.78, 5) is 12.7. The number of nitrogen functional groups attached to an aromatic ring is 1. The lowest BCUT2D eigenvalue weighted by molar-refractivity contribution is 0.295. The van der Waals surface area contributed by atoms with E-state index in [1.165, 1.54) is 11.0 Å². The van der Waals surface area contributed by atoms with Gasteiger partial charge in [0.1, 0.15) is 18.7 Å². The molecule has 0 saturated heterocycles. The molecule has 2 aromatic heterocycles. The summed E-state index contributed by atoms with van der Waals surface area (Å²) < 4.78 is 7.34. The predicted molar refractivity (Wildman–Crippen MR) is 102 cm³/mol. The zero-order chi connectivity index (χ0) is 19.3. The Morgan fingerprint density at radius 1 is 1.07 bits per heavy atom. The molecule has 2 heterocycles. The van der Waals surface area contributed by atoms with Crippen molar-refractivity contribution >= 4 is 17.6 Å². The third-order valence-electron chi connectivity index (χ3n) is 3.89. The zero-order valence-corrected chi connectivity index (χ0v) is 15.0. The van der Waals surface area contributed by atoms with Crippen molar-refractivity contribution in [2.45, 2.75) is 13.5 Å². The molecular formula is C18H17N9O. The van der Waals surface area contributed by atoms with E-state index in [9.17, 15) is 0 Å². The minimum absolute atomic E-state index is 0.118. The van der Waals surface area contributed by atoms with Gasteiger partial charge in [-0.3, -0.25) is 0 Å². The lowest BCUT2D eigenvalue weighted by Gasteiger charge is -2.10. The number of aryl methyl sites for hydroxylation is 1. The number of aromatic nitrogens is 7. The number of ether oxygens (including phenoxy) is 1. The first-order chi connectivity index (χ1) is 13.7. The summed E-state index contributed by atoms with van der Waals surface area (Å²) in [5.74, 6) is 1.52. The topological polar surface area (TPSA) is 130 Å². The van der Waals surface area contributed by atoms with E-state index in [0.29, 0.717) is 17.5 Å². The third kappa shape index (κ3) is 4.01. The van der Waals surface area contributed by atoms with Gasteiger partial charge in [-0.1, -0.05) is 24.3 Å². The summed E-state index contributed by atoms with van der Waals surface area (Å²) in [7, 11) is 0. The molecule has 0 aliphatic carbocycles. The van der Waals surface area contributed by atoms with Crippen molar-refractivity contribution in [3.05, 3.63) is 66.2 Å². The van der Waals surface area contributed by atoms with Crippen LogP contribution in [-0.2, 0) is 6.61 Å². The molecule has 0 spiro atoms. The molecule has 4 aromatic rings. The molecular weight excluding hydrogens is 358 g/mol. The molecule has 0 bridgehead atoms. The van der Waals surface area contributed by atoms with Crippen LogP contribution in [0.25, 0.3) is 5.69 Å². The maximum absolute atomic E-state index is 5.83. The Labute approximate surface area is 160 Å². The van der Waals surface area contributed by atoms with Crippen LogP contribution < -0.4 is 15.8 Å². The van der Waals surface area contributed by atoms with Gasteiger partial charge in [0.05, 0.1) is 5.69 Å². The standard InChI is InChI=1S/C18H17N9O/c1-12-5-2-3-8-15(12)21-18-23-16(22-17(19)24-18)10-28-14-7-4-6-13(9-14)27-11-20-25-26-27/h2-9,11H,10H2,1H3,(H3,19,21,22,23,24). The molecule has 4 rings (SSSR count). The number of hydrogen-bond acceptors (Lipinski definition) is 9. The number of rotatable bonds is 6. The highest BCUT2D eigenvalue weighted by molar-refractivity contribution is 5.58. The molecule has 0 aliphatic rings. The van der Waals surface area contributed by atoms with E-state index in [2.05, 4.69) is 35.8 Å². The number of para-hydroxylation sites is 1. The highest BCUT2D eigenvalue weighted by atomic mass is 16.5. The molecule has 0 saturated carbocycles. The van der Waals surface area contributed by atoms with Crippen LogP contribution in [0, 0.1) is 6.92 Å². The fraction of sp³-hybridized carbons (Fsp3) is 0.111. The van der Waals surface area contributed by atoms with E-state index < -0.39 is 0 Å². The zero-order valence-electron chi connectivity index (χ0n) is 15.0. The van der Waals surface area contributed by atoms with Gasteiger partial charge in [0.15, 0.2) is 5.82 Å². The largest absolute Gasteiger partial charge is 0.486 e. The first-order valence-corrected chi connectivity index (χ1v) is 8.47. The minimum atomic E-state index is 0.118. The first-order valence-electron chi connectivity index (χ1n) is 8.47. The van der Waals surface area contributed by atoms with Crippen LogP contribution in [0.4, 0.5) is 17.6 Å². The number of anilines is 3. The van der Waals surface area contributed by atoms with Gasteiger partial charge in [-0.25, -0.2) is 4.68 Å². The predicted octanol–water partition coefficient (Wildman–Crippen LogP) is 2.06. The molecule has 10 nitrogen and oxygen atoms in total. The number of tetrazole rings is 1. The van der Waals surface area contributed by atoms with Crippen LogP contribution in [0.5, 0.6) is 5.75 Å². The lowest BCUT2D eigenvalue weighted by atomic mass is 10.2. The molecule has 10 heteroatoms. The smallest absolute Gasteiger partial charge is 0.232 e. The summed E-state index contributed by atoms with van der Waals surface area (Å²) in [5.41, 5.74) is 8.57. The molecule has 2 aromatic carbocycles. The first kappa shape index (κ1) is 17.3. The number of nitrogens with two attached hydrogens (primary N) is 1. The third-order valence-corrected chi connectivity index (χ3v) is 3.89. The van der Waals surface area contributed by atoms with Crippen molar-refractivity contribution in [3.8, 4) is 11.4 Å². The Hall–Kier alpha value is -4.08. The fourth-order valence-electron chi connectivity index (χ4n) is 2.54. The number of benzene rings is 2. The molecule has 0 amide bonds. The number of hydrogen-bond donors (Lipinski definition) is 2. The van der Waals surface area contributed by atoms with E-state index in [4.69, 9.17) is 10.5 Å². The lowest BCUT2D eigenvalue weighted by Crippen LogP contribution is -2.09. The second-order valence-corrected chi connectivity index (χ2v) is 5.91. The van der Waals surface area contributed by atoms with Crippen molar-refractivity contribution in [3.63, 3.8) is 0 Å². The van der Waals surface area contributed by atoms with E-state index >= 15 is 0 Å². The van der Waals surface area contributed by atoms with Gasteiger partial charge in [-0.15, -0.1) is 5.10 Å². The van der Waals surface area contributed by atoms with Crippen LogP contribution in [0.15, 0.2) is 54.9 Å². The monoisotopic (exact) mass is 375 g/mol. The molecule has 140 valence electrons. The van der Waals surface area contributed by atoms with Gasteiger partial charge in [-0.2, -0.15) is 15.0 Å². The Morgan fingerprint density at radius 2 is 1.96 bits per heavy atom. The second kappa shape index (κ2) is 7.66. The van der Waals surface area contributed by atoms with Crippen LogP contribution >= 0.6 is 0 Å². The van der Waals surface area contributed by atoms with Crippen molar-refractivity contribution in [1.29, 1.82) is 0 Å². The Morgan fingerprint density at radius 3 is 2.79 bits per heavy atom. The minimum Gasteiger partial charge on any atom is -0.486 e. The Bertz CT molecular complexity index is 1080. The van der Waals surface area contributed by atoms with Crippen LogP contribution in [-0.4, -0.2) is 35.2 Å². The fourth-order valence-corrected chi connectivity index (χ4v) is 2.54. The summed E-state index contributed by atoms with van der Waals surface area (Å²) in [5, 5.41) is 14.3. The second-order valence-electron chi connectivity index (χ2n) is 5.91. The molecule has 3 N–H and O–H groups in total. The van der Waals surface area contributed by atoms with Crippen LogP contribution in [0.1, 0.15) is 11.4 Å². The van der Waals surface area contributed by atoms with Crippen molar-refractivity contribution in [2.24, 2.45) is 0 Å². The van der Waals surface area contributed by atoms with Gasteiger partial charge in [0.2, 0.25) is 11.9 Å². The average Bonchev–Trinajstić information content (AvgIpc) is 3.23. The highest BCUT2D eigenvalue weighted by Crippen LogP contribution is 2.19. The van der Waals surface area contributed by atoms with Gasteiger partial charge in [0.25, 0.3) is 0 Å². The summed E-state index contributed by atoms with van der Waals surface area (Å²) in [6, 6.07) is 15.2. The maximum atomic E-state index is 5.83. The van der Waals surface area contributed by atoms with E-state index in [1.807, 2.05) is 55.5 Å². The van der Waals surface area contributed by atoms with Gasteiger partial charge in [0, 0.05) is 11.8 Å². The molecule has 0 unspecified atom stereocenters. The SMILES string of the molecule is Cc1ccccc1Nc1nc(N)nc(COc2cccc(-n3cnnn3)c2)n1. The van der Waals surface area contributed by atoms with Gasteiger partial charge in [-0.05, 0) is 41.1 Å². The van der Waals surface area contributed by atoms with Crippen molar-refractivity contribution in [1.82, 2.24) is 35.2 Å². The quantitative estimate of drug-likeness (QED) is 0.520. The van der Waals surface area contributed by atoms with Gasteiger partial charge >= 0.3 is 0 Å². The number of nitrogens with one attached hydrogen (secondary N) is 1. The average molecular weight is 375 g/mol. The summed E-state index contributed by atoms with van der Waals surface area (Å²) in [6.07, 6.45) is 1.51. The number of nitrogens with zero attached hydrogens (tertiary/aromatic N) is 7. The van der Waals surface area contributed by atoms with Crippen LogP contribution in [0.2, 0.25) is 0 Å².